The molecule has 4 N–H and O–H groups in total. The summed E-state index contributed by atoms with van der Waals surface area (Å²) in [6.07, 6.45) is -5.28. The molecule has 8 heteroatoms. The first-order chi connectivity index (χ1) is 8.40. The molecule has 2 rings (SSSR count). The standard InChI is InChI=1S/C9H12N2O5S/c12-3-4-6(13)7(14)8(16-4)11-2-1-5(17)10-9(11)15/h1-2,4,6-8,12-14H,3H2,(H,10,15,17)/t4-,6-,7-,8-/m1/s1/i8D. The van der Waals surface area contributed by atoms with Crippen LogP contribution in [0, 0.1) is 4.64 Å². The molecule has 94 valence electrons. The van der Waals surface area contributed by atoms with Crippen molar-refractivity contribution in [3.63, 3.8) is 0 Å². The summed E-state index contributed by atoms with van der Waals surface area (Å²) in [5.41, 5.74) is -0.748. The minimum atomic E-state index is -2.20. The zero-order chi connectivity index (χ0) is 13.5. The average molecular weight is 261 g/mol. The van der Waals surface area contributed by atoms with Gasteiger partial charge in [0.2, 0.25) is 0 Å². The summed E-state index contributed by atoms with van der Waals surface area (Å²) in [5.74, 6) is 0. The first-order valence-corrected chi connectivity index (χ1v) is 5.28. The van der Waals surface area contributed by atoms with Gasteiger partial charge in [0.1, 0.15) is 23.0 Å². The van der Waals surface area contributed by atoms with Crippen LogP contribution >= 0.6 is 12.2 Å². The summed E-state index contributed by atoms with van der Waals surface area (Å²) < 4.78 is 14.0. The topological polar surface area (TPSA) is 108 Å². The van der Waals surface area contributed by atoms with Gasteiger partial charge in [0, 0.05) is 6.20 Å². The predicted molar refractivity (Wildman–Crippen MR) is 58.9 cm³/mol. The Hall–Kier alpha value is -1.06. The summed E-state index contributed by atoms with van der Waals surface area (Å²) in [7, 11) is 0. The lowest BCUT2D eigenvalue weighted by molar-refractivity contribution is -0.0550. The van der Waals surface area contributed by atoms with E-state index in [-0.39, 0.29) is 4.64 Å². The van der Waals surface area contributed by atoms with Gasteiger partial charge < -0.3 is 20.1 Å². The van der Waals surface area contributed by atoms with Gasteiger partial charge in [0.15, 0.2) is 6.20 Å². The van der Waals surface area contributed by atoms with Crippen molar-refractivity contribution in [2.24, 2.45) is 0 Å². The number of aromatic amines is 1. The molecule has 1 saturated heterocycles. The molecule has 0 radical (unpaired) electrons. The maximum atomic E-state index is 11.7. The van der Waals surface area contributed by atoms with Crippen LogP contribution in [0.5, 0.6) is 0 Å². The lowest BCUT2D eigenvalue weighted by Gasteiger charge is -2.16. The van der Waals surface area contributed by atoms with Crippen LogP contribution in [0.2, 0.25) is 0 Å². The normalized spacial score (nSPS) is 38.1. The van der Waals surface area contributed by atoms with Gasteiger partial charge in [0.25, 0.3) is 0 Å². The molecule has 0 aliphatic carbocycles. The molecule has 0 amide bonds. The lowest BCUT2D eigenvalue weighted by Crippen LogP contribution is -2.35. The highest BCUT2D eigenvalue weighted by Crippen LogP contribution is 2.27. The molecule has 1 fully saturated rings. The van der Waals surface area contributed by atoms with Crippen molar-refractivity contribution in [3.8, 4) is 0 Å². The monoisotopic (exact) mass is 261 g/mol. The fourth-order valence-electron chi connectivity index (χ4n) is 1.58. The second-order valence-corrected chi connectivity index (χ2v) is 4.03. The van der Waals surface area contributed by atoms with Gasteiger partial charge in [-0.05, 0) is 6.07 Å². The van der Waals surface area contributed by atoms with E-state index >= 15 is 0 Å². The van der Waals surface area contributed by atoms with E-state index in [1.54, 1.807) is 0 Å². The first kappa shape index (κ1) is 11.1. The van der Waals surface area contributed by atoms with Gasteiger partial charge in [-0.3, -0.25) is 9.55 Å². The molecule has 1 aliphatic rings. The number of aliphatic hydroxyl groups excluding tert-OH is 3. The molecule has 4 atom stereocenters. The van der Waals surface area contributed by atoms with Crippen LogP contribution in [0.3, 0.4) is 0 Å². The van der Waals surface area contributed by atoms with E-state index in [1.165, 1.54) is 12.3 Å². The average Bonchev–Trinajstić information content (AvgIpc) is 2.54. The number of aromatic nitrogens is 2. The fourth-order valence-corrected chi connectivity index (χ4v) is 1.73. The van der Waals surface area contributed by atoms with Gasteiger partial charge in [0.05, 0.1) is 7.98 Å². The Bertz CT molecular complexity index is 560. The highest BCUT2D eigenvalue weighted by Gasteiger charge is 2.43. The van der Waals surface area contributed by atoms with E-state index in [4.69, 9.17) is 23.4 Å². The van der Waals surface area contributed by atoms with Gasteiger partial charge >= 0.3 is 5.69 Å². The summed E-state index contributed by atoms with van der Waals surface area (Å²) in [5, 5.41) is 28.3. The van der Waals surface area contributed by atoms with Crippen molar-refractivity contribution in [2.75, 3.05) is 6.61 Å². The molecule has 2 heterocycles. The number of hydrogen-bond donors (Lipinski definition) is 4. The number of rotatable bonds is 2. The molecule has 7 nitrogen and oxygen atoms in total. The maximum absolute atomic E-state index is 11.7. The van der Waals surface area contributed by atoms with E-state index in [0.29, 0.717) is 0 Å². The largest absolute Gasteiger partial charge is 0.394 e. The van der Waals surface area contributed by atoms with Crippen molar-refractivity contribution in [1.82, 2.24) is 9.55 Å². The number of ether oxygens (including phenoxy) is 1. The molecule has 1 aromatic heterocycles. The van der Waals surface area contributed by atoms with Crippen molar-refractivity contribution in [1.29, 1.82) is 0 Å². The summed E-state index contributed by atoms with van der Waals surface area (Å²) in [6.45, 7) is -0.573. The number of nitrogens with zero attached hydrogens (tertiary/aromatic N) is 1. The van der Waals surface area contributed by atoms with E-state index < -0.39 is 36.8 Å². The van der Waals surface area contributed by atoms with E-state index in [0.717, 1.165) is 4.57 Å². The van der Waals surface area contributed by atoms with Crippen LogP contribution < -0.4 is 5.69 Å². The molecule has 17 heavy (non-hydrogen) atoms. The van der Waals surface area contributed by atoms with Crippen LogP contribution in [0.25, 0.3) is 0 Å². The SMILES string of the molecule is [2H][C@@]1(n2ccc(=S)[nH]c2=O)O[C@H](CO)[C@@H](O)[C@H]1O. The second kappa shape index (κ2) is 4.67. The molecular formula is C9H12N2O5S. The van der Waals surface area contributed by atoms with Crippen molar-refractivity contribution < 1.29 is 21.4 Å². The molecular weight excluding hydrogens is 248 g/mol. The summed E-state index contributed by atoms with van der Waals surface area (Å²) >= 11 is 4.75. The van der Waals surface area contributed by atoms with Crippen LogP contribution in [0.4, 0.5) is 0 Å². The molecule has 0 unspecified atom stereocenters. The van der Waals surface area contributed by atoms with Gasteiger partial charge in [-0.2, -0.15) is 0 Å². The number of hydrogen-bond acceptors (Lipinski definition) is 6. The molecule has 0 aromatic carbocycles. The molecule has 1 aromatic rings. The maximum Gasteiger partial charge on any atom is 0.328 e. The third-order valence-corrected chi connectivity index (χ3v) is 2.71. The Morgan fingerprint density at radius 1 is 1.59 bits per heavy atom. The third-order valence-electron chi connectivity index (χ3n) is 2.47. The Morgan fingerprint density at radius 3 is 2.82 bits per heavy atom. The van der Waals surface area contributed by atoms with Gasteiger partial charge in [-0.25, -0.2) is 4.79 Å². The van der Waals surface area contributed by atoms with Crippen LogP contribution in [0.15, 0.2) is 17.1 Å². The van der Waals surface area contributed by atoms with Crippen LogP contribution in [0.1, 0.15) is 7.57 Å². The molecule has 1 aliphatic heterocycles. The van der Waals surface area contributed by atoms with E-state index in [9.17, 15) is 15.0 Å². The second-order valence-electron chi connectivity index (χ2n) is 3.59. The van der Waals surface area contributed by atoms with Crippen molar-refractivity contribution in [3.05, 3.63) is 27.4 Å². The molecule has 0 saturated carbocycles. The lowest BCUT2D eigenvalue weighted by atomic mass is 10.1. The van der Waals surface area contributed by atoms with Crippen LogP contribution in [-0.2, 0) is 4.74 Å². The zero-order valence-electron chi connectivity index (χ0n) is 9.61. The zero-order valence-corrected chi connectivity index (χ0v) is 9.42. The molecule has 0 spiro atoms. The van der Waals surface area contributed by atoms with Gasteiger partial charge in [-0.1, -0.05) is 12.2 Å². The van der Waals surface area contributed by atoms with E-state index in [2.05, 4.69) is 4.98 Å². The number of nitrogens with one attached hydrogen (secondary N) is 1. The van der Waals surface area contributed by atoms with Crippen LogP contribution in [-0.4, -0.2) is 49.8 Å². The van der Waals surface area contributed by atoms with Crippen molar-refractivity contribution in [2.45, 2.75) is 24.5 Å². The Morgan fingerprint density at radius 2 is 2.29 bits per heavy atom. The Labute approximate surface area is 102 Å². The quantitative estimate of drug-likeness (QED) is 0.483. The highest BCUT2D eigenvalue weighted by molar-refractivity contribution is 7.71. The smallest absolute Gasteiger partial charge is 0.328 e. The predicted octanol–water partition coefficient (Wildman–Crippen LogP) is -1.48. The Kier molecular flexibility index (Phi) is 3.04. The summed E-state index contributed by atoms with van der Waals surface area (Å²) in [4.78, 5) is 13.9. The minimum absolute atomic E-state index is 0.173. The van der Waals surface area contributed by atoms with Crippen molar-refractivity contribution >= 4 is 12.2 Å². The number of aliphatic hydroxyl groups is 3. The molecule has 0 bridgehead atoms. The highest BCUT2D eigenvalue weighted by atomic mass is 32.1. The fraction of sp³-hybridized carbons (Fsp3) is 0.556. The Balaban J connectivity index is 2.49. The van der Waals surface area contributed by atoms with Gasteiger partial charge in [-0.15, -0.1) is 0 Å². The third kappa shape index (κ3) is 2.17. The number of H-pyrrole nitrogens is 1. The first-order valence-electron chi connectivity index (χ1n) is 5.37. The summed E-state index contributed by atoms with van der Waals surface area (Å²) in [6, 6.07) is 1.35. The van der Waals surface area contributed by atoms with E-state index in [1.807, 2.05) is 0 Å². The minimum Gasteiger partial charge on any atom is -0.394 e.